The van der Waals surface area contributed by atoms with Crippen molar-refractivity contribution in [2.45, 2.75) is 26.3 Å². The van der Waals surface area contributed by atoms with E-state index in [-0.39, 0.29) is 12.3 Å². The summed E-state index contributed by atoms with van der Waals surface area (Å²) < 4.78 is 5.42. The van der Waals surface area contributed by atoms with E-state index in [1.165, 1.54) is 6.07 Å². The van der Waals surface area contributed by atoms with Crippen LogP contribution in [-0.2, 0) is 0 Å². The number of nitro benzene ring substituents is 1. The highest BCUT2D eigenvalue weighted by molar-refractivity contribution is 5.49. The Morgan fingerprint density at radius 2 is 2.17 bits per heavy atom. The van der Waals surface area contributed by atoms with Gasteiger partial charge in [0.25, 0.3) is 5.69 Å². The maximum Gasteiger partial charge on any atom is 0.276 e. The summed E-state index contributed by atoms with van der Waals surface area (Å²) in [7, 11) is 0. The molecule has 0 aliphatic carbocycles. The third-order valence-corrected chi connectivity index (χ3v) is 2.54. The van der Waals surface area contributed by atoms with Gasteiger partial charge in [0.15, 0.2) is 0 Å². The fourth-order valence-corrected chi connectivity index (χ4v) is 1.53. The van der Waals surface area contributed by atoms with Crippen molar-refractivity contribution in [1.82, 2.24) is 0 Å². The van der Waals surface area contributed by atoms with E-state index in [2.05, 4.69) is 0 Å². The van der Waals surface area contributed by atoms with Crippen molar-refractivity contribution in [1.29, 1.82) is 5.26 Å². The van der Waals surface area contributed by atoms with Crippen molar-refractivity contribution < 1.29 is 9.66 Å². The molecule has 0 fully saturated rings. The normalized spacial score (nSPS) is 11.7. The first-order chi connectivity index (χ1) is 8.45. The lowest BCUT2D eigenvalue weighted by Gasteiger charge is -2.10. The molecule has 0 heterocycles. The van der Waals surface area contributed by atoms with Crippen molar-refractivity contribution in [2.75, 3.05) is 6.61 Å². The lowest BCUT2D eigenvalue weighted by atomic mass is 10.1. The van der Waals surface area contributed by atoms with Crippen LogP contribution in [0.4, 0.5) is 5.69 Å². The molecule has 1 aromatic rings. The first-order valence-electron chi connectivity index (χ1n) is 5.49. The average Bonchev–Trinajstić information content (AvgIpc) is 2.31. The second-order valence-corrected chi connectivity index (χ2v) is 4.03. The zero-order valence-corrected chi connectivity index (χ0v) is 10.3. The third-order valence-electron chi connectivity index (χ3n) is 2.54. The molecule has 0 aliphatic heterocycles. The van der Waals surface area contributed by atoms with Crippen LogP contribution in [0.25, 0.3) is 0 Å². The van der Waals surface area contributed by atoms with Crippen molar-refractivity contribution in [3.63, 3.8) is 0 Å². The monoisotopic (exact) mass is 249 g/mol. The van der Waals surface area contributed by atoms with Crippen LogP contribution in [0.2, 0.25) is 0 Å². The number of nitro groups is 1. The minimum atomic E-state index is -0.578. The topological polar surface area (TPSA) is 102 Å². The van der Waals surface area contributed by atoms with Crippen LogP contribution in [0, 0.1) is 35.3 Å². The van der Waals surface area contributed by atoms with Crippen LogP contribution in [0.5, 0.6) is 5.75 Å². The van der Waals surface area contributed by atoms with E-state index in [0.717, 1.165) is 5.56 Å². The quantitative estimate of drug-likeness (QED) is 0.633. The summed E-state index contributed by atoms with van der Waals surface area (Å²) in [5.74, 6) is 0.456. The first-order valence-corrected chi connectivity index (χ1v) is 5.49. The highest BCUT2D eigenvalue weighted by Crippen LogP contribution is 2.28. The summed E-state index contributed by atoms with van der Waals surface area (Å²) in [5.41, 5.74) is 6.87. The molecule has 96 valence electrons. The number of hydrogen-bond acceptors (Lipinski definition) is 5. The van der Waals surface area contributed by atoms with E-state index in [1.54, 1.807) is 13.0 Å². The molecule has 0 radical (unpaired) electrons. The maximum absolute atomic E-state index is 10.8. The summed E-state index contributed by atoms with van der Waals surface area (Å²) in [4.78, 5) is 10.4. The molecule has 0 saturated carbocycles. The molecular weight excluding hydrogens is 234 g/mol. The number of hydrogen-bond donors (Lipinski definition) is 1. The van der Waals surface area contributed by atoms with Gasteiger partial charge in [0, 0.05) is 12.0 Å². The Morgan fingerprint density at radius 3 is 2.72 bits per heavy atom. The summed E-state index contributed by atoms with van der Waals surface area (Å²) in [6.45, 7) is 3.76. The third kappa shape index (κ3) is 3.43. The number of nitrogens with zero attached hydrogens (tertiary/aromatic N) is 2. The lowest BCUT2D eigenvalue weighted by Crippen LogP contribution is -2.20. The predicted octanol–water partition coefficient (Wildman–Crippen LogP) is 1.83. The molecule has 0 aromatic heterocycles. The number of aryl methyl sites for hydroxylation is 2. The number of nitriles is 1. The molecule has 1 rings (SSSR count). The molecule has 0 saturated heterocycles. The van der Waals surface area contributed by atoms with E-state index in [4.69, 9.17) is 15.7 Å². The Labute approximate surface area is 105 Å². The molecule has 1 unspecified atom stereocenters. The Hall–Kier alpha value is -2.13. The average molecular weight is 249 g/mol. The molecular formula is C12H15N3O3. The summed E-state index contributed by atoms with van der Waals surface area (Å²) >= 11 is 0. The van der Waals surface area contributed by atoms with Crippen molar-refractivity contribution >= 4 is 5.69 Å². The summed E-state index contributed by atoms with van der Waals surface area (Å²) in [5, 5.41) is 19.3. The number of rotatable bonds is 5. The molecule has 18 heavy (non-hydrogen) atoms. The molecule has 0 spiro atoms. The van der Waals surface area contributed by atoms with Crippen LogP contribution < -0.4 is 10.5 Å². The SMILES string of the molecule is Cc1cc(C)c([N+](=O)[O-])cc1OCCC(N)C#N. The van der Waals surface area contributed by atoms with E-state index in [9.17, 15) is 10.1 Å². The fraction of sp³-hybridized carbons (Fsp3) is 0.417. The predicted molar refractivity (Wildman–Crippen MR) is 66.3 cm³/mol. The van der Waals surface area contributed by atoms with E-state index < -0.39 is 11.0 Å². The van der Waals surface area contributed by atoms with Gasteiger partial charge in [0.05, 0.1) is 29.7 Å². The zero-order valence-electron chi connectivity index (χ0n) is 10.3. The zero-order chi connectivity index (χ0) is 13.7. The fourth-order valence-electron chi connectivity index (χ4n) is 1.53. The Morgan fingerprint density at radius 1 is 1.50 bits per heavy atom. The molecule has 1 aromatic carbocycles. The molecule has 6 nitrogen and oxygen atoms in total. The van der Waals surface area contributed by atoms with Crippen molar-refractivity contribution in [2.24, 2.45) is 5.73 Å². The minimum Gasteiger partial charge on any atom is -0.493 e. The minimum absolute atomic E-state index is 0.0279. The molecule has 2 N–H and O–H groups in total. The van der Waals surface area contributed by atoms with Crippen LogP contribution in [0.3, 0.4) is 0 Å². The summed E-state index contributed by atoms with van der Waals surface area (Å²) in [6.07, 6.45) is 0.387. The smallest absolute Gasteiger partial charge is 0.276 e. The van der Waals surface area contributed by atoms with Gasteiger partial charge >= 0.3 is 0 Å². The Bertz CT molecular complexity index is 494. The standard InChI is InChI=1S/C12H15N3O3/c1-8-5-9(2)12(6-11(8)15(16)17)18-4-3-10(14)7-13/h5-6,10H,3-4,14H2,1-2H3. The van der Waals surface area contributed by atoms with Gasteiger partial charge in [-0.15, -0.1) is 0 Å². The van der Waals surface area contributed by atoms with Crippen LogP contribution in [0.1, 0.15) is 17.5 Å². The van der Waals surface area contributed by atoms with Gasteiger partial charge in [0.1, 0.15) is 5.75 Å². The van der Waals surface area contributed by atoms with Crippen molar-refractivity contribution in [3.8, 4) is 11.8 Å². The van der Waals surface area contributed by atoms with E-state index >= 15 is 0 Å². The highest BCUT2D eigenvalue weighted by Gasteiger charge is 2.14. The largest absolute Gasteiger partial charge is 0.493 e. The van der Waals surface area contributed by atoms with Gasteiger partial charge in [-0.1, -0.05) is 0 Å². The lowest BCUT2D eigenvalue weighted by molar-refractivity contribution is -0.385. The van der Waals surface area contributed by atoms with Crippen LogP contribution >= 0.6 is 0 Å². The molecule has 0 aliphatic rings. The summed E-state index contributed by atoms with van der Waals surface area (Å²) in [6, 6.07) is 4.43. The first kappa shape index (κ1) is 13.9. The van der Waals surface area contributed by atoms with Gasteiger partial charge in [-0.2, -0.15) is 5.26 Å². The van der Waals surface area contributed by atoms with Gasteiger partial charge in [-0.3, -0.25) is 10.1 Å². The second kappa shape index (κ2) is 5.98. The van der Waals surface area contributed by atoms with E-state index in [1.807, 2.05) is 13.0 Å². The molecule has 6 heteroatoms. The Kier molecular flexibility index (Phi) is 4.63. The van der Waals surface area contributed by atoms with Gasteiger partial charge < -0.3 is 10.5 Å². The van der Waals surface area contributed by atoms with Crippen LogP contribution in [-0.4, -0.2) is 17.6 Å². The van der Waals surface area contributed by atoms with Gasteiger partial charge in [0.2, 0.25) is 0 Å². The number of nitrogens with two attached hydrogens (primary N) is 1. The highest BCUT2D eigenvalue weighted by atomic mass is 16.6. The number of benzene rings is 1. The van der Waals surface area contributed by atoms with Crippen LogP contribution in [0.15, 0.2) is 12.1 Å². The van der Waals surface area contributed by atoms with Crippen molar-refractivity contribution in [3.05, 3.63) is 33.4 Å². The van der Waals surface area contributed by atoms with Gasteiger partial charge in [-0.05, 0) is 25.5 Å². The second-order valence-electron chi connectivity index (χ2n) is 4.03. The molecule has 0 amide bonds. The molecule has 0 bridgehead atoms. The number of ether oxygens (including phenoxy) is 1. The Balaban J connectivity index is 2.80. The maximum atomic E-state index is 10.8. The molecule has 1 atom stereocenters. The van der Waals surface area contributed by atoms with E-state index in [0.29, 0.717) is 17.7 Å². The van der Waals surface area contributed by atoms with Gasteiger partial charge in [-0.25, -0.2) is 0 Å².